The fraction of sp³-hybridized carbons (Fsp3) is 0.294. The SMILES string of the molecule is CC(OC(=O)CN(C)c1ccc(Cl)nn1)C(=O)Nc1ccc(OC(F)(F)F)cc1. The lowest BCUT2D eigenvalue weighted by Crippen LogP contribution is -2.34. The molecular formula is C17H16ClF3N4O4. The lowest BCUT2D eigenvalue weighted by Gasteiger charge is -2.18. The van der Waals surface area contributed by atoms with Gasteiger partial charge in [0.15, 0.2) is 17.1 Å². The van der Waals surface area contributed by atoms with Crippen molar-refractivity contribution in [3.05, 3.63) is 41.6 Å². The van der Waals surface area contributed by atoms with Gasteiger partial charge in [-0.1, -0.05) is 11.6 Å². The first-order valence-electron chi connectivity index (χ1n) is 8.10. The van der Waals surface area contributed by atoms with Crippen LogP contribution in [0.4, 0.5) is 24.7 Å². The van der Waals surface area contributed by atoms with E-state index >= 15 is 0 Å². The monoisotopic (exact) mass is 432 g/mol. The molecule has 1 aromatic carbocycles. The molecule has 2 aromatic rings. The molecule has 1 aromatic heterocycles. The summed E-state index contributed by atoms with van der Waals surface area (Å²) in [5.74, 6) is -1.40. The Morgan fingerprint density at radius 3 is 2.38 bits per heavy atom. The summed E-state index contributed by atoms with van der Waals surface area (Å²) in [6.07, 6.45) is -5.95. The number of benzene rings is 1. The molecule has 1 unspecified atom stereocenters. The second-order valence-electron chi connectivity index (χ2n) is 5.76. The van der Waals surface area contributed by atoms with Crippen molar-refractivity contribution in [3.63, 3.8) is 0 Å². The van der Waals surface area contributed by atoms with Crippen molar-refractivity contribution >= 4 is 35.0 Å². The third kappa shape index (κ3) is 7.45. The fourth-order valence-electron chi connectivity index (χ4n) is 2.06. The smallest absolute Gasteiger partial charge is 0.451 e. The minimum atomic E-state index is -4.81. The molecule has 0 radical (unpaired) electrons. The number of hydrogen-bond donors (Lipinski definition) is 1. The van der Waals surface area contributed by atoms with Gasteiger partial charge in [0.25, 0.3) is 5.91 Å². The second-order valence-corrected chi connectivity index (χ2v) is 6.15. The number of likely N-dealkylation sites (N-methyl/N-ethyl adjacent to an activating group) is 1. The molecule has 12 heteroatoms. The molecule has 0 spiro atoms. The Labute approximate surface area is 168 Å². The molecule has 156 valence electrons. The van der Waals surface area contributed by atoms with Crippen molar-refractivity contribution in [2.75, 3.05) is 23.8 Å². The highest BCUT2D eigenvalue weighted by Crippen LogP contribution is 2.24. The minimum absolute atomic E-state index is 0.197. The Morgan fingerprint density at radius 2 is 1.83 bits per heavy atom. The number of esters is 1. The van der Waals surface area contributed by atoms with Gasteiger partial charge in [-0.2, -0.15) is 0 Å². The first-order valence-corrected chi connectivity index (χ1v) is 8.48. The minimum Gasteiger partial charge on any atom is -0.451 e. The van der Waals surface area contributed by atoms with Crippen molar-refractivity contribution in [1.29, 1.82) is 0 Å². The molecule has 1 heterocycles. The Morgan fingerprint density at radius 1 is 1.17 bits per heavy atom. The maximum Gasteiger partial charge on any atom is 0.573 e. The van der Waals surface area contributed by atoms with E-state index in [1.165, 1.54) is 30.0 Å². The maximum absolute atomic E-state index is 12.1. The summed E-state index contributed by atoms with van der Waals surface area (Å²) in [7, 11) is 1.58. The second kappa shape index (κ2) is 9.41. The van der Waals surface area contributed by atoms with Crippen molar-refractivity contribution in [2.24, 2.45) is 0 Å². The predicted octanol–water partition coefficient (Wildman–Crippen LogP) is 3.04. The summed E-state index contributed by atoms with van der Waals surface area (Å²) in [5.41, 5.74) is 0.209. The number of aromatic nitrogens is 2. The van der Waals surface area contributed by atoms with E-state index in [0.29, 0.717) is 5.82 Å². The van der Waals surface area contributed by atoms with E-state index in [2.05, 4.69) is 20.3 Å². The number of hydrogen-bond acceptors (Lipinski definition) is 7. The van der Waals surface area contributed by atoms with Gasteiger partial charge in [0.2, 0.25) is 0 Å². The van der Waals surface area contributed by atoms with E-state index in [1.807, 2.05) is 0 Å². The molecule has 0 aliphatic rings. The molecule has 0 aliphatic heterocycles. The molecule has 1 atom stereocenters. The van der Waals surface area contributed by atoms with Gasteiger partial charge < -0.3 is 19.7 Å². The van der Waals surface area contributed by atoms with Gasteiger partial charge in [0, 0.05) is 12.7 Å². The fourth-order valence-corrected chi connectivity index (χ4v) is 2.16. The van der Waals surface area contributed by atoms with E-state index in [4.69, 9.17) is 16.3 Å². The van der Waals surface area contributed by atoms with Gasteiger partial charge in [-0.25, -0.2) is 0 Å². The van der Waals surface area contributed by atoms with E-state index < -0.39 is 30.1 Å². The van der Waals surface area contributed by atoms with Crippen LogP contribution in [0, 0.1) is 0 Å². The zero-order valence-corrected chi connectivity index (χ0v) is 16.0. The van der Waals surface area contributed by atoms with E-state index in [0.717, 1.165) is 12.1 Å². The van der Waals surface area contributed by atoms with Crippen LogP contribution in [-0.4, -0.2) is 48.1 Å². The summed E-state index contributed by atoms with van der Waals surface area (Å²) in [4.78, 5) is 25.6. The van der Waals surface area contributed by atoms with Crippen LogP contribution in [0.25, 0.3) is 0 Å². The number of rotatable bonds is 7. The highest BCUT2D eigenvalue weighted by atomic mass is 35.5. The normalized spacial score (nSPS) is 12.1. The molecule has 1 amide bonds. The van der Waals surface area contributed by atoms with Gasteiger partial charge >= 0.3 is 12.3 Å². The first kappa shape index (κ1) is 22.2. The summed E-state index contributed by atoms with van der Waals surface area (Å²) < 4.78 is 45.2. The number of carbonyl (C=O) groups is 2. The molecule has 0 bridgehead atoms. The predicted molar refractivity (Wildman–Crippen MR) is 97.6 cm³/mol. The molecule has 0 saturated heterocycles. The number of halogens is 4. The van der Waals surface area contributed by atoms with Crippen molar-refractivity contribution in [1.82, 2.24) is 10.2 Å². The molecule has 29 heavy (non-hydrogen) atoms. The van der Waals surface area contributed by atoms with Crippen molar-refractivity contribution < 1.29 is 32.2 Å². The third-order valence-corrected chi connectivity index (χ3v) is 3.61. The number of carbonyl (C=O) groups excluding carboxylic acids is 2. The van der Waals surface area contributed by atoms with Crippen molar-refractivity contribution in [2.45, 2.75) is 19.4 Å². The number of amides is 1. The van der Waals surface area contributed by atoms with Crippen LogP contribution in [0.1, 0.15) is 6.92 Å². The van der Waals surface area contributed by atoms with Crippen LogP contribution in [-0.2, 0) is 14.3 Å². The molecule has 0 aliphatic carbocycles. The Hall–Kier alpha value is -3.08. The molecule has 1 N–H and O–H groups in total. The lowest BCUT2D eigenvalue weighted by molar-refractivity contribution is -0.274. The maximum atomic E-state index is 12.1. The lowest BCUT2D eigenvalue weighted by atomic mass is 10.3. The summed E-state index contributed by atoms with van der Waals surface area (Å²) in [6, 6.07) is 7.60. The molecule has 8 nitrogen and oxygen atoms in total. The Bertz CT molecular complexity index is 847. The highest BCUT2D eigenvalue weighted by Gasteiger charge is 2.31. The average Bonchev–Trinajstić information content (AvgIpc) is 2.62. The molecular weight excluding hydrogens is 417 g/mol. The Kier molecular flexibility index (Phi) is 7.21. The van der Waals surface area contributed by atoms with Crippen LogP contribution < -0.4 is 15.0 Å². The highest BCUT2D eigenvalue weighted by molar-refractivity contribution is 6.29. The Balaban J connectivity index is 1.84. The largest absolute Gasteiger partial charge is 0.573 e. The number of ether oxygens (including phenoxy) is 2. The number of alkyl halides is 3. The first-order chi connectivity index (χ1) is 13.5. The van der Waals surface area contributed by atoms with Crippen LogP contribution >= 0.6 is 11.6 Å². The summed E-state index contributed by atoms with van der Waals surface area (Å²) in [6.45, 7) is 1.16. The molecule has 0 saturated carbocycles. The zero-order chi connectivity index (χ0) is 21.6. The van der Waals surface area contributed by atoms with Gasteiger partial charge in [-0.3, -0.25) is 9.59 Å². The quantitative estimate of drug-likeness (QED) is 0.672. The van der Waals surface area contributed by atoms with Crippen LogP contribution in [0.3, 0.4) is 0 Å². The van der Waals surface area contributed by atoms with Gasteiger partial charge in [-0.15, -0.1) is 23.4 Å². The molecule has 2 rings (SSSR count). The zero-order valence-electron chi connectivity index (χ0n) is 15.2. The van der Waals surface area contributed by atoms with Gasteiger partial charge in [0.1, 0.15) is 12.3 Å². The number of nitrogens with one attached hydrogen (secondary N) is 1. The van der Waals surface area contributed by atoms with Gasteiger partial charge in [-0.05, 0) is 43.3 Å². The third-order valence-electron chi connectivity index (χ3n) is 3.41. The van der Waals surface area contributed by atoms with E-state index in [9.17, 15) is 22.8 Å². The molecule has 0 fully saturated rings. The average molecular weight is 433 g/mol. The van der Waals surface area contributed by atoms with E-state index in [1.54, 1.807) is 13.1 Å². The number of anilines is 2. The summed E-state index contributed by atoms with van der Waals surface area (Å²) in [5, 5.41) is 10.1. The summed E-state index contributed by atoms with van der Waals surface area (Å²) >= 11 is 5.64. The van der Waals surface area contributed by atoms with Crippen molar-refractivity contribution in [3.8, 4) is 5.75 Å². The van der Waals surface area contributed by atoms with Crippen LogP contribution in [0.2, 0.25) is 5.15 Å². The standard InChI is InChI=1S/C17H16ClF3N4O4/c1-10(28-15(26)9-25(2)14-8-7-13(18)23-24-14)16(27)22-11-3-5-12(6-4-11)29-17(19,20)21/h3-8,10H,9H2,1-2H3,(H,22,27). The van der Waals surface area contributed by atoms with E-state index in [-0.39, 0.29) is 17.4 Å². The van der Waals surface area contributed by atoms with Gasteiger partial charge in [0.05, 0.1) is 0 Å². The number of nitrogens with zero attached hydrogens (tertiary/aromatic N) is 3. The van der Waals surface area contributed by atoms with Crippen LogP contribution in [0.5, 0.6) is 5.75 Å². The van der Waals surface area contributed by atoms with Crippen LogP contribution in [0.15, 0.2) is 36.4 Å². The topological polar surface area (TPSA) is 93.7 Å².